The smallest absolute Gasteiger partial charge is 0.326 e. The highest BCUT2D eigenvalue weighted by Crippen LogP contribution is 2.30. The monoisotopic (exact) mass is 418 g/mol. The molecule has 2 amide bonds. The van der Waals surface area contributed by atoms with Gasteiger partial charge in [-0.25, -0.2) is 9.59 Å². The van der Waals surface area contributed by atoms with Crippen LogP contribution in [0.3, 0.4) is 0 Å². The van der Waals surface area contributed by atoms with Crippen molar-refractivity contribution in [3.05, 3.63) is 31.3 Å². The lowest BCUT2D eigenvalue weighted by Gasteiger charge is -2.15. The van der Waals surface area contributed by atoms with Gasteiger partial charge >= 0.3 is 17.9 Å². The maximum Gasteiger partial charge on any atom is 0.390 e. The van der Waals surface area contributed by atoms with Crippen molar-refractivity contribution in [2.24, 2.45) is 0 Å². The summed E-state index contributed by atoms with van der Waals surface area (Å²) in [6, 6.07) is -0.141. The molecule has 3 heterocycles. The Balaban J connectivity index is 2.13. The van der Waals surface area contributed by atoms with Gasteiger partial charge in [-0.1, -0.05) is 0 Å². The number of nitrogens with zero attached hydrogens (tertiary/aromatic N) is 4. The molecule has 0 radical (unpaired) electrons. The second-order valence-corrected chi connectivity index (χ2v) is 7.89. The molecular formula is C17H21F3N4O3S. The van der Waals surface area contributed by atoms with E-state index >= 15 is 0 Å². The third-order valence-electron chi connectivity index (χ3n) is 4.96. The zero-order chi connectivity index (χ0) is 20.8. The Morgan fingerprint density at radius 3 is 2.32 bits per heavy atom. The zero-order valence-corrected chi connectivity index (χ0v) is 16.6. The number of carbonyl (C=O) groups is 1. The number of aromatic nitrogens is 2. The third kappa shape index (κ3) is 3.54. The highest BCUT2D eigenvalue weighted by molar-refractivity contribution is 7.18. The average molecular weight is 418 g/mol. The number of hydrogen-bond acceptors (Lipinski definition) is 4. The van der Waals surface area contributed by atoms with Gasteiger partial charge in [-0.2, -0.15) is 13.2 Å². The second kappa shape index (κ2) is 7.26. The van der Waals surface area contributed by atoms with E-state index in [2.05, 4.69) is 0 Å². The molecule has 0 aromatic carbocycles. The van der Waals surface area contributed by atoms with Gasteiger partial charge in [-0.05, 0) is 19.4 Å². The van der Waals surface area contributed by atoms with E-state index in [1.165, 1.54) is 0 Å². The molecule has 0 aliphatic carbocycles. The summed E-state index contributed by atoms with van der Waals surface area (Å²) in [5, 5.41) is 0.253. The van der Waals surface area contributed by atoms with E-state index in [1.807, 2.05) is 0 Å². The van der Waals surface area contributed by atoms with Crippen LogP contribution in [0.1, 0.15) is 23.8 Å². The van der Waals surface area contributed by atoms with Gasteiger partial charge in [-0.15, -0.1) is 11.3 Å². The van der Waals surface area contributed by atoms with E-state index in [9.17, 15) is 27.6 Å². The van der Waals surface area contributed by atoms with Crippen LogP contribution in [0.25, 0.3) is 10.2 Å². The first kappa shape index (κ1) is 20.4. The Morgan fingerprint density at radius 1 is 1.11 bits per heavy atom. The van der Waals surface area contributed by atoms with Crippen molar-refractivity contribution in [3.8, 4) is 0 Å². The molecule has 2 aromatic rings. The fraction of sp³-hybridized carbons (Fsp3) is 0.588. The number of carbonyl (C=O) groups excluding carboxylic acids is 1. The molecule has 1 saturated heterocycles. The average Bonchev–Trinajstić information content (AvgIpc) is 3.09. The highest BCUT2D eigenvalue weighted by atomic mass is 32.1. The summed E-state index contributed by atoms with van der Waals surface area (Å²) in [4.78, 5) is 41.6. The van der Waals surface area contributed by atoms with Crippen molar-refractivity contribution >= 4 is 27.6 Å². The van der Waals surface area contributed by atoms with Crippen molar-refractivity contribution in [2.45, 2.75) is 46.1 Å². The molecule has 11 heteroatoms. The fourth-order valence-electron chi connectivity index (χ4n) is 3.33. The van der Waals surface area contributed by atoms with Gasteiger partial charge in [0.2, 0.25) is 0 Å². The lowest BCUT2D eigenvalue weighted by atomic mass is 10.2. The van der Waals surface area contributed by atoms with E-state index in [0.29, 0.717) is 23.5 Å². The quantitative estimate of drug-likeness (QED) is 0.749. The van der Waals surface area contributed by atoms with Crippen molar-refractivity contribution < 1.29 is 18.0 Å². The van der Waals surface area contributed by atoms with E-state index < -0.39 is 30.4 Å². The normalized spacial score (nSPS) is 15.3. The van der Waals surface area contributed by atoms with Crippen LogP contribution in [0.4, 0.5) is 18.0 Å². The van der Waals surface area contributed by atoms with E-state index in [1.54, 1.807) is 30.7 Å². The minimum Gasteiger partial charge on any atom is -0.326 e. The van der Waals surface area contributed by atoms with Crippen LogP contribution in [0.15, 0.2) is 9.59 Å². The first-order valence-electron chi connectivity index (χ1n) is 8.87. The van der Waals surface area contributed by atoms with E-state index in [-0.39, 0.29) is 29.3 Å². The molecule has 3 rings (SSSR count). The lowest BCUT2D eigenvalue weighted by Crippen LogP contribution is -2.39. The summed E-state index contributed by atoms with van der Waals surface area (Å²) in [5.41, 5.74) is -0.639. The number of rotatable bonds is 5. The molecule has 0 spiro atoms. The predicted octanol–water partition coefficient (Wildman–Crippen LogP) is 2.37. The molecule has 0 saturated carbocycles. The van der Waals surface area contributed by atoms with Crippen LogP contribution in [0, 0.1) is 6.92 Å². The molecule has 0 atom stereocenters. The highest BCUT2D eigenvalue weighted by Gasteiger charge is 2.30. The first-order valence-corrected chi connectivity index (χ1v) is 9.69. The van der Waals surface area contributed by atoms with Crippen molar-refractivity contribution in [1.29, 1.82) is 0 Å². The molecule has 154 valence electrons. The summed E-state index contributed by atoms with van der Waals surface area (Å²) in [6.45, 7) is 4.20. The molecule has 2 aromatic heterocycles. The predicted molar refractivity (Wildman–Crippen MR) is 99.9 cm³/mol. The van der Waals surface area contributed by atoms with E-state index in [0.717, 1.165) is 20.5 Å². The fourth-order valence-corrected chi connectivity index (χ4v) is 4.66. The Labute approximate surface area is 162 Å². The number of likely N-dealkylation sites (N-methyl/N-ethyl adjacent to an activating group) is 1. The van der Waals surface area contributed by atoms with Crippen LogP contribution < -0.4 is 11.2 Å². The number of halogens is 3. The van der Waals surface area contributed by atoms with Crippen molar-refractivity contribution in [1.82, 2.24) is 18.9 Å². The number of thiophene rings is 1. The van der Waals surface area contributed by atoms with Gasteiger partial charge in [0.05, 0.1) is 18.4 Å². The molecule has 0 unspecified atom stereocenters. The number of alkyl halides is 3. The number of urea groups is 1. The Morgan fingerprint density at radius 2 is 1.79 bits per heavy atom. The molecule has 28 heavy (non-hydrogen) atoms. The number of aryl methyl sites for hydroxylation is 2. The van der Waals surface area contributed by atoms with Crippen molar-refractivity contribution in [3.63, 3.8) is 0 Å². The van der Waals surface area contributed by atoms with Gasteiger partial charge in [0.15, 0.2) is 0 Å². The van der Waals surface area contributed by atoms with Gasteiger partial charge in [0.1, 0.15) is 4.83 Å². The SMILES string of the molecule is CCn1c(=O)c2c(C)c(CN3CCN(C)C3=O)sc2n(CCC(F)(F)F)c1=O. The minimum absolute atomic E-state index is 0.0691. The maximum atomic E-state index is 12.8. The minimum atomic E-state index is -4.42. The molecule has 1 aliphatic heterocycles. The van der Waals surface area contributed by atoms with E-state index in [4.69, 9.17) is 0 Å². The van der Waals surface area contributed by atoms with Gasteiger partial charge in [-0.3, -0.25) is 13.9 Å². The van der Waals surface area contributed by atoms with Crippen LogP contribution in [0.5, 0.6) is 0 Å². The topological polar surface area (TPSA) is 67.6 Å². The Kier molecular flexibility index (Phi) is 5.30. The molecule has 1 aliphatic rings. The summed E-state index contributed by atoms with van der Waals surface area (Å²) < 4.78 is 40.2. The van der Waals surface area contributed by atoms with Gasteiger partial charge < -0.3 is 9.80 Å². The largest absolute Gasteiger partial charge is 0.390 e. The summed E-state index contributed by atoms with van der Waals surface area (Å²) in [5.74, 6) is 0. The summed E-state index contributed by atoms with van der Waals surface area (Å²) >= 11 is 1.11. The molecule has 0 N–H and O–H groups in total. The third-order valence-corrected chi connectivity index (χ3v) is 6.26. The Bertz CT molecular complexity index is 1040. The maximum absolute atomic E-state index is 12.8. The van der Waals surface area contributed by atoms with Gasteiger partial charge in [0, 0.05) is 38.1 Å². The molecule has 7 nitrogen and oxygen atoms in total. The summed E-state index contributed by atoms with van der Waals surface area (Å²) in [7, 11) is 1.69. The molecule has 0 bridgehead atoms. The number of hydrogen-bond donors (Lipinski definition) is 0. The van der Waals surface area contributed by atoms with Crippen LogP contribution in [-0.2, 0) is 19.6 Å². The standard InChI is InChI=1S/C17H21F3N4O3S/c1-4-23-13(25)12-10(2)11(9-22-8-7-21(3)15(22)26)28-14(12)24(16(23)27)6-5-17(18,19)20/h4-9H2,1-3H3. The zero-order valence-electron chi connectivity index (χ0n) is 15.8. The number of amides is 2. The molecule has 1 fully saturated rings. The van der Waals surface area contributed by atoms with Crippen LogP contribution >= 0.6 is 11.3 Å². The second-order valence-electron chi connectivity index (χ2n) is 6.80. The number of fused-ring (bicyclic) bond motifs is 1. The molecular weight excluding hydrogens is 397 g/mol. The van der Waals surface area contributed by atoms with Crippen LogP contribution in [0.2, 0.25) is 0 Å². The van der Waals surface area contributed by atoms with Gasteiger partial charge in [0.25, 0.3) is 5.56 Å². The Hall–Kier alpha value is -2.30. The van der Waals surface area contributed by atoms with Crippen molar-refractivity contribution in [2.75, 3.05) is 20.1 Å². The summed E-state index contributed by atoms with van der Waals surface area (Å²) in [6.07, 6.45) is -5.58. The van der Waals surface area contributed by atoms with Crippen LogP contribution in [-0.4, -0.2) is 51.3 Å². The first-order chi connectivity index (χ1) is 13.0. The lowest BCUT2D eigenvalue weighted by molar-refractivity contribution is -0.136.